The molecule has 1 atom stereocenters. The Kier molecular flexibility index (Phi) is 5.97. The highest BCUT2D eigenvalue weighted by Gasteiger charge is 2.09. The second kappa shape index (κ2) is 7.01. The molecular formula is C15H25ClN2. The number of nitrogens with two attached hydrogens (primary N) is 1. The summed E-state index contributed by atoms with van der Waals surface area (Å²) in [5, 5.41) is 0.818. The highest BCUT2D eigenvalue weighted by molar-refractivity contribution is 6.33. The normalized spacial score (nSPS) is 12.8. The molecule has 1 aromatic rings. The van der Waals surface area contributed by atoms with Crippen molar-refractivity contribution in [2.45, 2.75) is 39.7 Å². The molecule has 0 amide bonds. The molecule has 18 heavy (non-hydrogen) atoms. The Morgan fingerprint density at radius 2 is 2.00 bits per heavy atom. The Labute approximate surface area is 116 Å². The van der Waals surface area contributed by atoms with Crippen molar-refractivity contribution in [3.05, 3.63) is 28.8 Å². The average Bonchev–Trinajstić information content (AvgIpc) is 2.27. The lowest BCUT2D eigenvalue weighted by molar-refractivity contribution is 0.637. The summed E-state index contributed by atoms with van der Waals surface area (Å²) in [6.07, 6.45) is 1.89. The van der Waals surface area contributed by atoms with Gasteiger partial charge in [-0.05, 0) is 36.5 Å². The molecule has 1 rings (SSSR count). The lowest BCUT2D eigenvalue weighted by Gasteiger charge is -2.23. The van der Waals surface area contributed by atoms with Gasteiger partial charge >= 0.3 is 0 Å². The molecule has 0 fully saturated rings. The molecule has 1 unspecified atom stereocenters. The minimum atomic E-state index is 0.223. The fraction of sp³-hybridized carbons (Fsp3) is 0.600. The molecule has 0 aliphatic rings. The predicted octanol–water partition coefficient (Wildman–Crippen LogP) is 3.71. The van der Waals surface area contributed by atoms with Crippen molar-refractivity contribution in [2.24, 2.45) is 11.7 Å². The van der Waals surface area contributed by atoms with E-state index < -0.39 is 0 Å². The standard InChI is InChI=1S/C15H25ClN2/c1-5-13(17)8-12-6-7-15(14(16)9-12)18(4)10-11(2)3/h6-7,9,11,13H,5,8,10,17H2,1-4H3. The summed E-state index contributed by atoms with van der Waals surface area (Å²) in [7, 11) is 2.08. The Morgan fingerprint density at radius 1 is 1.33 bits per heavy atom. The smallest absolute Gasteiger partial charge is 0.0642 e. The van der Waals surface area contributed by atoms with Crippen LogP contribution in [0, 0.1) is 5.92 Å². The largest absolute Gasteiger partial charge is 0.373 e. The summed E-state index contributed by atoms with van der Waals surface area (Å²) >= 11 is 6.35. The molecule has 0 aromatic heterocycles. The zero-order valence-corrected chi connectivity index (χ0v) is 12.7. The van der Waals surface area contributed by atoms with E-state index in [1.807, 2.05) is 6.07 Å². The second-order valence-corrected chi connectivity index (χ2v) is 5.84. The van der Waals surface area contributed by atoms with E-state index in [1.165, 1.54) is 5.56 Å². The monoisotopic (exact) mass is 268 g/mol. The number of anilines is 1. The van der Waals surface area contributed by atoms with Gasteiger partial charge in [0.05, 0.1) is 10.7 Å². The zero-order valence-electron chi connectivity index (χ0n) is 11.9. The summed E-state index contributed by atoms with van der Waals surface area (Å²) in [5.41, 5.74) is 8.28. The van der Waals surface area contributed by atoms with Gasteiger partial charge in [0.25, 0.3) is 0 Å². The van der Waals surface area contributed by atoms with Crippen molar-refractivity contribution in [1.29, 1.82) is 0 Å². The summed E-state index contributed by atoms with van der Waals surface area (Å²) in [6, 6.07) is 6.50. The average molecular weight is 269 g/mol. The minimum Gasteiger partial charge on any atom is -0.373 e. The molecule has 102 valence electrons. The van der Waals surface area contributed by atoms with E-state index in [9.17, 15) is 0 Å². The molecule has 0 saturated carbocycles. The first kappa shape index (κ1) is 15.3. The molecule has 1 aromatic carbocycles. The Hall–Kier alpha value is -0.730. The lowest BCUT2D eigenvalue weighted by atomic mass is 10.0. The van der Waals surface area contributed by atoms with Crippen molar-refractivity contribution in [3.8, 4) is 0 Å². The van der Waals surface area contributed by atoms with Crippen molar-refractivity contribution in [1.82, 2.24) is 0 Å². The summed E-state index contributed by atoms with van der Waals surface area (Å²) in [4.78, 5) is 2.20. The fourth-order valence-corrected chi connectivity index (χ4v) is 2.43. The highest BCUT2D eigenvalue weighted by Crippen LogP contribution is 2.27. The molecule has 0 bridgehead atoms. The second-order valence-electron chi connectivity index (χ2n) is 5.43. The number of hydrogen-bond donors (Lipinski definition) is 1. The van der Waals surface area contributed by atoms with Crippen LogP contribution in [-0.4, -0.2) is 19.6 Å². The topological polar surface area (TPSA) is 29.3 Å². The summed E-state index contributed by atoms with van der Waals surface area (Å²) in [6.45, 7) is 7.53. The van der Waals surface area contributed by atoms with Crippen molar-refractivity contribution in [2.75, 3.05) is 18.5 Å². The van der Waals surface area contributed by atoms with Crippen LogP contribution in [0.3, 0.4) is 0 Å². The van der Waals surface area contributed by atoms with Gasteiger partial charge in [-0.15, -0.1) is 0 Å². The molecule has 2 N–H and O–H groups in total. The van der Waals surface area contributed by atoms with Gasteiger partial charge in [-0.3, -0.25) is 0 Å². The van der Waals surface area contributed by atoms with E-state index in [0.29, 0.717) is 5.92 Å². The van der Waals surface area contributed by atoms with Crippen LogP contribution in [-0.2, 0) is 6.42 Å². The molecule has 3 heteroatoms. The fourth-order valence-electron chi connectivity index (χ4n) is 2.08. The van der Waals surface area contributed by atoms with E-state index in [0.717, 1.165) is 30.1 Å². The van der Waals surface area contributed by atoms with E-state index in [2.05, 4.69) is 44.9 Å². The van der Waals surface area contributed by atoms with E-state index in [-0.39, 0.29) is 6.04 Å². The minimum absolute atomic E-state index is 0.223. The van der Waals surface area contributed by atoms with Crippen molar-refractivity contribution >= 4 is 17.3 Å². The molecule has 0 saturated heterocycles. The van der Waals surface area contributed by atoms with E-state index in [1.54, 1.807) is 0 Å². The molecule has 0 radical (unpaired) electrons. The number of nitrogens with zero attached hydrogens (tertiary/aromatic N) is 1. The van der Waals surface area contributed by atoms with Crippen LogP contribution in [0.5, 0.6) is 0 Å². The molecule has 0 aliphatic heterocycles. The summed E-state index contributed by atoms with van der Waals surface area (Å²) < 4.78 is 0. The molecule has 0 aliphatic carbocycles. The third-order valence-corrected chi connectivity index (χ3v) is 3.39. The van der Waals surface area contributed by atoms with Crippen LogP contribution in [0.15, 0.2) is 18.2 Å². The molecule has 2 nitrogen and oxygen atoms in total. The maximum atomic E-state index is 6.35. The Bertz CT molecular complexity index is 377. The first-order chi connectivity index (χ1) is 8.43. The number of benzene rings is 1. The van der Waals surface area contributed by atoms with Crippen molar-refractivity contribution in [3.63, 3.8) is 0 Å². The first-order valence-corrected chi connectivity index (χ1v) is 7.07. The van der Waals surface area contributed by atoms with Crippen molar-refractivity contribution < 1.29 is 0 Å². The molecule has 0 heterocycles. The van der Waals surface area contributed by atoms with Gasteiger partial charge in [0, 0.05) is 19.6 Å². The van der Waals surface area contributed by atoms with Gasteiger partial charge in [-0.2, -0.15) is 0 Å². The lowest BCUT2D eigenvalue weighted by Crippen LogP contribution is -2.23. The van der Waals surface area contributed by atoms with Gasteiger partial charge < -0.3 is 10.6 Å². The predicted molar refractivity (Wildman–Crippen MR) is 81.5 cm³/mol. The molecular weight excluding hydrogens is 244 g/mol. The van der Waals surface area contributed by atoms with Gasteiger partial charge in [0.2, 0.25) is 0 Å². The quantitative estimate of drug-likeness (QED) is 0.852. The third-order valence-electron chi connectivity index (χ3n) is 3.08. The summed E-state index contributed by atoms with van der Waals surface area (Å²) in [5.74, 6) is 0.624. The van der Waals surface area contributed by atoms with Crippen LogP contribution in [0.1, 0.15) is 32.8 Å². The highest BCUT2D eigenvalue weighted by atomic mass is 35.5. The van der Waals surface area contributed by atoms with Crippen LogP contribution in [0.25, 0.3) is 0 Å². The van der Waals surface area contributed by atoms with Gasteiger partial charge in [0.15, 0.2) is 0 Å². The Morgan fingerprint density at radius 3 is 2.50 bits per heavy atom. The number of rotatable bonds is 6. The van der Waals surface area contributed by atoms with Crippen LogP contribution >= 0.6 is 11.6 Å². The van der Waals surface area contributed by atoms with Gasteiger partial charge in [0.1, 0.15) is 0 Å². The Balaban J connectivity index is 2.79. The van der Waals surface area contributed by atoms with Crippen LogP contribution in [0.2, 0.25) is 5.02 Å². The van der Waals surface area contributed by atoms with E-state index >= 15 is 0 Å². The van der Waals surface area contributed by atoms with Crippen LogP contribution in [0.4, 0.5) is 5.69 Å². The van der Waals surface area contributed by atoms with E-state index in [4.69, 9.17) is 17.3 Å². The van der Waals surface area contributed by atoms with Gasteiger partial charge in [-0.25, -0.2) is 0 Å². The molecule has 0 spiro atoms. The van der Waals surface area contributed by atoms with Gasteiger partial charge in [-0.1, -0.05) is 38.4 Å². The maximum absolute atomic E-state index is 6.35. The number of hydrogen-bond acceptors (Lipinski definition) is 2. The third kappa shape index (κ3) is 4.51. The number of halogens is 1. The zero-order chi connectivity index (χ0) is 13.7. The maximum Gasteiger partial charge on any atom is 0.0642 e. The van der Waals surface area contributed by atoms with Crippen LogP contribution < -0.4 is 10.6 Å². The SMILES string of the molecule is CCC(N)Cc1ccc(N(C)CC(C)C)c(Cl)c1. The first-order valence-electron chi connectivity index (χ1n) is 6.69.